The third kappa shape index (κ3) is 3.05. The van der Waals surface area contributed by atoms with Gasteiger partial charge in [0.2, 0.25) is 5.91 Å². The van der Waals surface area contributed by atoms with Gasteiger partial charge in [-0.15, -0.1) is 0 Å². The summed E-state index contributed by atoms with van der Waals surface area (Å²) in [6.07, 6.45) is -0.0454. The molecule has 9 nitrogen and oxygen atoms in total. The van der Waals surface area contributed by atoms with Crippen LogP contribution in [0.1, 0.15) is 47.4 Å². The van der Waals surface area contributed by atoms with Crippen LogP contribution in [-0.4, -0.2) is 52.2 Å². The zero-order valence-electron chi connectivity index (χ0n) is 14.9. The van der Waals surface area contributed by atoms with Crippen molar-refractivity contribution in [2.75, 3.05) is 12.5 Å². The number of fused-ring (bicyclic) bond motifs is 1. The minimum atomic E-state index is -1.15. The number of esters is 1. The molecular weight excluding hydrogens is 354 g/mol. The van der Waals surface area contributed by atoms with E-state index in [0.29, 0.717) is 0 Å². The van der Waals surface area contributed by atoms with Gasteiger partial charge in [0.1, 0.15) is 6.04 Å². The summed E-state index contributed by atoms with van der Waals surface area (Å²) in [5.41, 5.74) is 6.14. The number of hydrogen-bond acceptors (Lipinski definition) is 7. The molecule has 2 aliphatic heterocycles. The Hall–Kier alpha value is -3.23. The van der Waals surface area contributed by atoms with Gasteiger partial charge in [-0.1, -0.05) is 19.9 Å². The first kappa shape index (κ1) is 18.6. The molecule has 2 heterocycles. The molecule has 1 saturated heterocycles. The molecular formula is C18H19N3O6. The highest BCUT2D eigenvalue weighted by atomic mass is 16.5. The van der Waals surface area contributed by atoms with E-state index in [0.717, 1.165) is 9.80 Å². The third-order valence-corrected chi connectivity index (χ3v) is 4.58. The standard InChI is InChI=1S/C18H19N3O6/c1-9(2)18(26)27-8-20-13(22)7-6-12(16(20)24)21-15(23)10-4-3-5-11(19)14(10)17(21)25/h3-5,9,12H,6-8,19H2,1-2H3. The number of rotatable bonds is 4. The molecule has 1 fully saturated rings. The summed E-state index contributed by atoms with van der Waals surface area (Å²) >= 11 is 0. The largest absolute Gasteiger partial charge is 0.443 e. The summed E-state index contributed by atoms with van der Waals surface area (Å²) in [6.45, 7) is 2.69. The van der Waals surface area contributed by atoms with E-state index in [1.807, 2.05) is 0 Å². The predicted molar refractivity (Wildman–Crippen MR) is 92.0 cm³/mol. The van der Waals surface area contributed by atoms with Crippen LogP contribution >= 0.6 is 0 Å². The molecule has 142 valence electrons. The summed E-state index contributed by atoms with van der Waals surface area (Å²) in [4.78, 5) is 63.4. The van der Waals surface area contributed by atoms with E-state index in [9.17, 15) is 24.0 Å². The average molecular weight is 373 g/mol. The number of nitrogen functional groups attached to an aromatic ring is 1. The molecule has 4 amide bonds. The molecule has 0 aromatic heterocycles. The highest BCUT2D eigenvalue weighted by molar-refractivity contribution is 6.25. The van der Waals surface area contributed by atoms with E-state index in [4.69, 9.17) is 10.5 Å². The van der Waals surface area contributed by atoms with E-state index in [1.54, 1.807) is 19.9 Å². The normalized spacial score (nSPS) is 19.7. The van der Waals surface area contributed by atoms with Crippen LogP contribution in [0, 0.1) is 5.92 Å². The van der Waals surface area contributed by atoms with Crippen LogP contribution in [0.25, 0.3) is 0 Å². The summed E-state index contributed by atoms with van der Waals surface area (Å²) in [5.74, 6) is -3.56. The summed E-state index contributed by atoms with van der Waals surface area (Å²) in [7, 11) is 0. The Morgan fingerprint density at radius 3 is 2.56 bits per heavy atom. The maximum atomic E-state index is 12.8. The smallest absolute Gasteiger partial charge is 0.310 e. The fraction of sp³-hybridized carbons (Fsp3) is 0.389. The number of anilines is 1. The van der Waals surface area contributed by atoms with Crippen LogP contribution in [0.5, 0.6) is 0 Å². The number of hydrogen-bond donors (Lipinski definition) is 1. The van der Waals surface area contributed by atoms with Gasteiger partial charge in [-0.25, -0.2) is 4.90 Å². The van der Waals surface area contributed by atoms with Crippen molar-refractivity contribution in [3.8, 4) is 0 Å². The summed E-state index contributed by atoms with van der Waals surface area (Å²) in [6, 6.07) is 3.36. The lowest BCUT2D eigenvalue weighted by Crippen LogP contribution is -2.56. The average Bonchev–Trinajstić information content (AvgIpc) is 2.87. The van der Waals surface area contributed by atoms with Crippen LogP contribution in [0.15, 0.2) is 18.2 Å². The molecule has 0 saturated carbocycles. The quantitative estimate of drug-likeness (QED) is 0.463. The fourth-order valence-corrected chi connectivity index (χ4v) is 3.10. The molecule has 9 heteroatoms. The molecule has 0 bridgehead atoms. The van der Waals surface area contributed by atoms with Crippen molar-refractivity contribution < 1.29 is 28.7 Å². The van der Waals surface area contributed by atoms with Crippen LogP contribution in [0.2, 0.25) is 0 Å². The predicted octanol–water partition coefficient (Wildman–Crippen LogP) is 0.539. The number of amides is 4. The van der Waals surface area contributed by atoms with Crippen molar-refractivity contribution in [1.29, 1.82) is 0 Å². The maximum Gasteiger partial charge on any atom is 0.310 e. The lowest BCUT2D eigenvalue weighted by molar-refractivity contribution is -0.165. The van der Waals surface area contributed by atoms with E-state index in [2.05, 4.69) is 0 Å². The van der Waals surface area contributed by atoms with E-state index in [-0.39, 0.29) is 29.7 Å². The number of piperidine rings is 1. The zero-order valence-corrected chi connectivity index (χ0v) is 14.9. The number of nitrogens with two attached hydrogens (primary N) is 1. The molecule has 3 rings (SSSR count). The second-order valence-corrected chi connectivity index (χ2v) is 6.71. The van der Waals surface area contributed by atoms with Crippen molar-refractivity contribution in [2.45, 2.75) is 32.7 Å². The minimum Gasteiger partial charge on any atom is -0.443 e. The van der Waals surface area contributed by atoms with Crippen molar-refractivity contribution >= 4 is 35.3 Å². The Morgan fingerprint density at radius 2 is 1.93 bits per heavy atom. The number of likely N-dealkylation sites (tertiary alicyclic amines) is 1. The maximum absolute atomic E-state index is 12.8. The van der Waals surface area contributed by atoms with Crippen molar-refractivity contribution in [3.05, 3.63) is 29.3 Å². The van der Waals surface area contributed by atoms with Gasteiger partial charge in [0.15, 0.2) is 6.73 Å². The molecule has 1 unspecified atom stereocenters. The number of carbonyl (C=O) groups is 5. The van der Waals surface area contributed by atoms with Gasteiger partial charge in [-0.3, -0.25) is 28.9 Å². The van der Waals surface area contributed by atoms with Crippen molar-refractivity contribution in [3.63, 3.8) is 0 Å². The first-order chi connectivity index (χ1) is 12.7. The Kier molecular flexibility index (Phi) is 4.69. The van der Waals surface area contributed by atoms with Crippen LogP contribution in [0.4, 0.5) is 5.69 Å². The second-order valence-electron chi connectivity index (χ2n) is 6.71. The Bertz CT molecular complexity index is 863. The lowest BCUT2D eigenvalue weighted by Gasteiger charge is -2.34. The molecule has 1 atom stereocenters. The Balaban J connectivity index is 1.83. The number of imide groups is 2. The van der Waals surface area contributed by atoms with Crippen LogP contribution in [-0.2, 0) is 19.1 Å². The number of benzene rings is 1. The van der Waals surface area contributed by atoms with Crippen LogP contribution < -0.4 is 5.73 Å². The lowest BCUT2D eigenvalue weighted by atomic mass is 10.0. The van der Waals surface area contributed by atoms with E-state index >= 15 is 0 Å². The van der Waals surface area contributed by atoms with E-state index in [1.165, 1.54) is 12.1 Å². The molecule has 0 spiro atoms. The molecule has 1 aromatic rings. The molecule has 2 N–H and O–H groups in total. The van der Waals surface area contributed by atoms with Crippen molar-refractivity contribution in [2.24, 2.45) is 5.92 Å². The third-order valence-electron chi connectivity index (χ3n) is 4.58. The summed E-state index contributed by atoms with van der Waals surface area (Å²) in [5, 5.41) is 0. The molecule has 27 heavy (non-hydrogen) atoms. The molecule has 2 aliphatic rings. The highest BCUT2D eigenvalue weighted by Gasteiger charge is 2.47. The SMILES string of the molecule is CC(C)C(=O)OCN1C(=O)CCC(N2C(=O)c3cccc(N)c3C2=O)C1=O. The second kappa shape index (κ2) is 6.82. The van der Waals surface area contributed by atoms with Gasteiger partial charge < -0.3 is 10.5 Å². The minimum absolute atomic E-state index is 0.0116. The van der Waals surface area contributed by atoms with Crippen LogP contribution in [0.3, 0.4) is 0 Å². The molecule has 0 radical (unpaired) electrons. The highest BCUT2D eigenvalue weighted by Crippen LogP contribution is 2.32. The molecule has 0 aliphatic carbocycles. The van der Waals surface area contributed by atoms with Crippen molar-refractivity contribution in [1.82, 2.24) is 9.80 Å². The van der Waals surface area contributed by atoms with E-state index < -0.39 is 48.3 Å². The van der Waals surface area contributed by atoms with Gasteiger partial charge in [0.25, 0.3) is 17.7 Å². The van der Waals surface area contributed by atoms with Gasteiger partial charge in [-0.05, 0) is 18.6 Å². The topological polar surface area (TPSA) is 127 Å². The molecule has 1 aromatic carbocycles. The Morgan fingerprint density at radius 1 is 1.22 bits per heavy atom. The first-order valence-corrected chi connectivity index (χ1v) is 8.51. The zero-order chi connectivity index (χ0) is 19.9. The summed E-state index contributed by atoms with van der Waals surface area (Å²) < 4.78 is 4.97. The van der Waals surface area contributed by atoms with Gasteiger partial charge >= 0.3 is 5.97 Å². The Labute approximate surface area is 155 Å². The van der Waals surface area contributed by atoms with Gasteiger partial charge in [0.05, 0.1) is 17.0 Å². The monoisotopic (exact) mass is 373 g/mol. The van der Waals surface area contributed by atoms with Gasteiger partial charge in [0, 0.05) is 12.1 Å². The number of ether oxygens (including phenoxy) is 1. The number of carbonyl (C=O) groups excluding carboxylic acids is 5. The fourth-order valence-electron chi connectivity index (χ4n) is 3.10. The number of nitrogens with zero attached hydrogens (tertiary/aromatic N) is 2. The first-order valence-electron chi connectivity index (χ1n) is 8.51. The van der Waals surface area contributed by atoms with Gasteiger partial charge in [-0.2, -0.15) is 0 Å².